The van der Waals surface area contributed by atoms with E-state index in [-0.39, 0.29) is 23.2 Å². The van der Waals surface area contributed by atoms with Gasteiger partial charge in [-0.05, 0) is 103 Å². The lowest BCUT2D eigenvalue weighted by Crippen LogP contribution is -2.58. The number of hydrogen-bond acceptors (Lipinski definition) is 4. The van der Waals surface area contributed by atoms with E-state index in [1.807, 2.05) is 36.4 Å². The molecule has 3 aromatic carbocycles. The highest BCUT2D eigenvalue weighted by molar-refractivity contribution is 7.46. The Labute approximate surface area is 259 Å². The van der Waals surface area contributed by atoms with E-state index < -0.39 is 24.1 Å². The monoisotopic (exact) mass is 612 g/mol. The Morgan fingerprint density at radius 2 is 1.33 bits per heavy atom. The van der Waals surface area contributed by atoms with E-state index in [1.165, 1.54) is 27.3 Å². The van der Waals surface area contributed by atoms with E-state index in [4.69, 9.17) is 9.47 Å². The van der Waals surface area contributed by atoms with Crippen molar-refractivity contribution in [2.24, 2.45) is 17.3 Å². The van der Waals surface area contributed by atoms with E-state index in [9.17, 15) is 9.59 Å². The fourth-order valence-electron chi connectivity index (χ4n) is 7.06. The quantitative estimate of drug-likeness (QED) is 0.199. The minimum Gasteiger partial charge on any atom is -0.454 e. The van der Waals surface area contributed by atoms with Gasteiger partial charge in [0.15, 0.2) is 0 Å². The number of ether oxygens (including phenoxy) is 2. The number of aryl methyl sites for hydroxylation is 2. The smallest absolute Gasteiger partial charge is 0.338 e. The second kappa shape index (κ2) is 12.9. The Bertz CT molecular complexity index is 1560. The van der Waals surface area contributed by atoms with Crippen molar-refractivity contribution < 1.29 is 19.1 Å². The van der Waals surface area contributed by atoms with Gasteiger partial charge in [0, 0.05) is 11.8 Å². The number of esters is 2. The van der Waals surface area contributed by atoms with Gasteiger partial charge >= 0.3 is 11.9 Å². The third-order valence-corrected chi connectivity index (χ3v) is 11.7. The van der Waals surface area contributed by atoms with Crippen LogP contribution in [0.4, 0.5) is 0 Å². The second-order valence-electron chi connectivity index (χ2n) is 12.1. The van der Waals surface area contributed by atoms with Crippen LogP contribution in [0.1, 0.15) is 64.1 Å². The van der Waals surface area contributed by atoms with Gasteiger partial charge in [-0.1, -0.05) is 91.7 Å². The van der Waals surface area contributed by atoms with Crippen molar-refractivity contribution in [3.63, 3.8) is 0 Å². The summed E-state index contributed by atoms with van der Waals surface area (Å²) in [5, 5.41) is 2.68. The van der Waals surface area contributed by atoms with E-state index in [1.54, 1.807) is 24.3 Å². The lowest BCUT2D eigenvalue weighted by Gasteiger charge is -2.55. The maximum Gasteiger partial charge on any atom is 0.338 e. The number of rotatable bonds is 7. The highest BCUT2D eigenvalue weighted by atomic mass is 31.1. The van der Waals surface area contributed by atoms with Crippen LogP contribution >= 0.6 is 17.2 Å². The summed E-state index contributed by atoms with van der Waals surface area (Å²) < 4.78 is 13.0. The van der Waals surface area contributed by atoms with Crippen LogP contribution in [0.5, 0.6) is 0 Å². The summed E-state index contributed by atoms with van der Waals surface area (Å²) >= 11 is 0. The maximum atomic E-state index is 13.8. The van der Waals surface area contributed by atoms with Crippen LogP contribution in [0.25, 0.3) is 0 Å². The van der Waals surface area contributed by atoms with Crippen molar-refractivity contribution in [1.82, 2.24) is 0 Å². The summed E-state index contributed by atoms with van der Waals surface area (Å²) in [7, 11) is 1.33. The summed E-state index contributed by atoms with van der Waals surface area (Å²) in [4.78, 5) is 27.4. The molecule has 0 amide bonds. The van der Waals surface area contributed by atoms with Crippen molar-refractivity contribution >= 4 is 34.4 Å². The molecule has 2 aliphatic rings. The van der Waals surface area contributed by atoms with Gasteiger partial charge in [-0.2, -0.15) is 0 Å². The molecule has 1 saturated carbocycles. The number of benzene rings is 3. The molecule has 0 bridgehead atoms. The molecule has 6 heteroatoms. The first-order valence-corrected chi connectivity index (χ1v) is 18.0. The molecule has 4 nitrogen and oxygen atoms in total. The average molecular weight is 613 g/mol. The van der Waals surface area contributed by atoms with Crippen LogP contribution in [-0.4, -0.2) is 37.5 Å². The fourth-order valence-corrected chi connectivity index (χ4v) is 8.70. The largest absolute Gasteiger partial charge is 0.454 e. The van der Waals surface area contributed by atoms with Crippen molar-refractivity contribution in [3.8, 4) is 0 Å². The Morgan fingerprint density at radius 1 is 0.767 bits per heavy atom. The normalized spacial score (nSPS) is 27.1. The predicted octanol–water partition coefficient (Wildman–Crippen LogP) is 8.20. The first-order valence-electron chi connectivity index (χ1n) is 15.0. The molecule has 0 radical (unpaired) electrons. The molecule has 0 spiro atoms. The van der Waals surface area contributed by atoms with Gasteiger partial charge in [0.05, 0.1) is 11.1 Å². The van der Waals surface area contributed by atoms with E-state index >= 15 is 0 Å². The van der Waals surface area contributed by atoms with E-state index in [0.29, 0.717) is 28.3 Å². The summed E-state index contributed by atoms with van der Waals surface area (Å²) in [6, 6.07) is 22.8. The lowest BCUT2D eigenvalue weighted by atomic mass is 9.52. The van der Waals surface area contributed by atoms with Crippen molar-refractivity contribution in [1.29, 1.82) is 0 Å². The molecule has 8 atom stereocenters. The molecule has 224 valence electrons. The van der Waals surface area contributed by atoms with E-state index in [2.05, 4.69) is 72.2 Å². The minimum atomic E-state index is -0.689. The van der Waals surface area contributed by atoms with Crippen LogP contribution in [0.3, 0.4) is 0 Å². The molecule has 2 aliphatic carbocycles. The second-order valence-corrected chi connectivity index (χ2v) is 14.2. The molecule has 0 heterocycles. The van der Waals surface area contributed by atoms with Crippen LogP contribution in [0.15, 0.2) is 95.8 Å². The van der Waals surface area contributed by atoms with Gasteiger partial charge in [-0.3, -0.25) is 0 Å². The molecule has 43 heavy (non-hydrogen) atoms. The zero-order chi connectivity index (χ0) is 30.9. The van der Waals surface area contributed by atoms with Crippen LogP contribution in [0, 0.1) is 31.1 Å². The van der Waals surface area contributed by atoms with Crippen LogP contribution in [0.2, 0.25) is 0 Å². The number of allylic oxidation sites excluding steroid dienone is 4. The lowest BCUT2D eigenvalue weighted by molar-refractivity contribution is -0.121. The average Bonchev–Trinajstić information content (AvgIpc) is 3.01. The predicted molar refractivity (Wildman–Crippen MR) is 181 cm³/mol. The highest BCUT2D eigenvalue weighted by Crippen LogP contribution is 2.59. The van der Waals surface area contributed by atoms with E-state index in [0.717, 1.165) is 5.56 Å². The van der Waals surface area contributed by atoms with Gasteiger partial charge in [0.1, 0.15) is 12.2 Å². The van der Waals surface area contributed by atoms with Gasteiger partial charge < -0.3 is 9.47 Å². The first kappa shape index (κ1) is 31.4. The number of carbonyl (C=O) groups excluding carboxylic acids is 2. The molecule has 8 unspecified atom stereocenters. The van der Waals surface area contributed by atoms with Gasteiger partial charge in [-0.25, -0.2) is 9.59 Å². The maximum absolute atomic E-state index is 13.8. The molecule has 0 N–H and O–H groups in total. The third kappa shape index (κ3) is 6.02. The summed E-state index contributed by atoms with van der Waals surface area (Å²) in [6.45, 7) is 15.4. The Balaban J connectivity index is 1.71. The molecule has 5 rings (SSSR count). The zero-order valence-corrected chi connectivity index (χ0v) is 28.1. The Kier molecular flexibility index (Phi) is 9.40. The SMILES string of the molecule is CPC1=CC2C(c3cc(C)c(PC)cc3C)C(OC(=O)c3ccccc3)C(OC(=O)c3ccccc3)C(C)C2(C)C=C1C. The van der Waals surface area contributed by atoms with Crippen LogP contribution < -0.4 is 5.30 Å². The molecule has 3 aromatic rings. The molecule has 0 aromatic heterocycles. The van der Waals surface area contributed by atoms with Gasteiger partial charge in [0.2, 0.25) is 0 Å². The van der Waals surface area contributed by atoms with Gasteiger partial charge in [0.25, 0.3) is 0 Å². The molecule has 1 fully saturated rings. The Morgan fingerprint density at radius 3 is 1.86 bits per heavy atom. The molecular formula is C37H42O4P2. The molecule has 0 saturated heterocycles. The van der Waals surface area contributed by atoms with Crippen molar-refractivity contribution in [2.45, 2.75) is 52.7 Å². The zero-order valence-electron chi connectivity index (χ0n) is 26.1. The third-order valence-electron chi connectivity index (χ3n) is 9.57. The topological polar surface area (TPSA) is 52.6 Å². The van der Waals surface area contributed by atoms with Crippen LogP contribution in [-0.2, 0) is 9.47 Å². The summed E-state index contributed by atoms with van der Waals surface area (Å²) in [5.41, 5.74) is 5.46. The molecular weight excluding hydrogens is 570 g/mol. The van der Waals surface area contributed by atoms with Crippen molar-refractivity contribution in [2.75, 3.05) is 13.3 Å². The standard InChI is InChI=1S/C37H42O4P2/c1-22-19-30(42-6)23(2)18-28(22)32-29-20-31(43-7)24(3)21-37(29,5)25(4)33(40-35(38)26-14-10-8-11-15-26)34(32)41-36(39)27-16-12-9-13-17-27/h8-21,25,29,32-34,42-43H,1-7H3. The van der Waals surface area contributed by atoms with Gasteiger partial charge in [-0.15, -0.1) is 0 Å². The summed E-state index contributed by atoms with van der Waals surface area (Å²) in [6.07, 6.45) is 3.47. The first-order chi connectivity index (χ1) is 20.6. The summed E-state index contributed by atoms with van der Waals surface area (Å²) in [5.74, 6) is -1.11. The molecule has 0 aliphatic heterocycles. The Hall–Kier alpha value is -3.06. The number of fused-ring (bicyclic) bond motifs is 1. The minimum absolute atomic E-state index is 0.0435. The number of carbonyl (C=O) groups is 2. The number of hydrogen-bond donors (Lipinski definition) is 0. The van der Waals surface area contributed by atoms with Crippen molar-refractivity contribution in [3.05, 3.63) is 124 Å². The fraction of sp³-hybridized carbons (Fsp3) is 0.351. The highest BCUT2D eigenvalue weighted by Gasteiger charge is 2.58.